The molecule has 0 aromatic heterocycles. The molecule has 0 saturated carbocycles. The zero-order chi connectivity index (χ0) is 18.4. The molecule has 0 spiro atoms. The lowest BCUT2D eigenvalue weighted by atomic mass is 9.88. The van der Waals surface area contributed by atoms with Gasteiger partial charge in [0.1, 0.15) is 0 Å². The highest BCUT2D eigenvalue weighted by Crippen LogP contribution is 2.48. The minimum atomic E-state index is 0.973. The number of benzene rings is 4. The third-order valence-corrected chi connectivity index (χ3v) is 6.68. The molecule has 0 fully saturated rings. The maximum atomic E-state index is 3.79. The molecule has 4 aromatic carbocycles. The van der Waals surface area contributed by atoms with Crippen LogP contribution >= 0.6 is 31.9 Å². The Morgan fingerprint density at radius 1 is 0.481 bits per heavy atom. The van der Waals surface area contributed by atoms with Gasteiger partial charge in [0.05, 0.1) is 0 Å². The standard InChI is InChI=1S/C25H16Br2/c26-23-11-5-3-9-19(23)20-14-13-18-17-8-2-1-7-16(17)15-22(18)25(20)21-10-4-6-12-24(21)27/h1-14H,15H2. The van der Waals surface area contributed by atoms with Crippen LogP contribution in [0.3, 0.4) is 0 Å². The summed E-state index contributed by atoms with van der Waals surface area (Å²) in [5, 5.41) is 0. The van der Waals surface area contributed by atoms with E-state index in [0.29, 0.717) is 0 Å². The summed E-state index contributed by atoms with van der Waals surface area (Å²) in [5.74, 6) is 0. The second kappa shape index (κ2) is 6.78. The number of rotatable bonds is 2. The predicted molar refractivity (Wildman–Crippen MR) is 121 cm³/mol. The molecule has 130 valence electrons. The Labute approximate surface area is 176 Å². The van der Waals surface area contributed by atoms with E-state index in [1.165, 1.54) is 44.5 Å². The molecule has 0 radical (unpaired) electrons. The fourth-order valence-corrected chi connectivity index (χ4v) is 5.07. The van der Waals surface area contributed by atoms with E-state index in [1.54, 1.807) is 0 Å². The summed E-state index contributed by atoms with van der Waals surface area (Å²) in [6.45, 7) is 0. The van der Waals surface area contributed by atoms with Crippen molar-refractivity contribution in [3.63, 3.8) is 0 Å². The van der Waals surface area contributed by atoms with Crippen molar-refractivity contribution in [3.8, 4) is 33.4 Å². The normalized spacial score (nSPS) is 11.9. The van der Waals surface area contributed by atoms with Gasteiger partial charge in [0.25, 0.3) is 0 Å². The molecule has 4 aromatic rings. The Kier molecular flexibility index (Phi) is 4.26. The lowest BCUT2D eigenvalue weighted by Crippen LogP contribution is -1.94. The Balaban J connectivity index is 1.86. The van der Waals surface area contributed by atoms with Crippen LogP contribution < -0.4 is 0 Å². The highest BCUT2D eigenvalue weighted by atomic mass is 79.9. The summed E-state index contributed by atoms with van der Waals surface area (Å²) in [6.07, 6.45) is 0.973. The summed E-state index contributed by atoms with van der Waals surface area (Å²) < 4.78 is 2.25. The first-order chi connectivity index (χ1) is 13.2. The van der Waals surface area contributed by atoms with Crippen molar-refractivity contribution in [2.75, 3.05) is 0 Å². The monoisotopic (exact) mass is 474 g/mol. The first-order valence-corrected chi connectivity index (χ1v) is 10.6. The van der Waals surface area contributed by atoms with E-state index in [-0.39, 0.29) is 0 Å². The number of hydrogen-bond donors (Lipinski definition) is 0. The molecule has 0 amide bonds. The van der Waals surface area contributed by atoms with E-state index in [2.05, 4.69) is 117 Å². The van der Waals surface area contributed by atoms with E-state index in [9.17, 15) is 0 Å². The zero-order valence-corrected chi connectivity index (χ0v) is 17.7. The van der Waals surface area contributed by atoms with Gasteiger partial charge in [0, 0.05) is 8.95 Å². The van der Waals surface area contributed by atoms with Crippen LogP contribution in [0.1, 0.15) is 11.1 Å². The maximum Gasteiger partial charge on any atom is 0.0254 e. The van der Waals surface area contributed by atoms with Gasteiger partial charge in [0.15, 0.2) is 0 Å². The number of fused-ring (bicyclic) bond motifs is 3. The van der Waals surface area contributed by atoms with Gasteiger partial charge < -0.3 is 0 Å². The highest BCUT2D eigenvalue weighted by Gasteiger charge is 2.25. The molecule has 0 nitrogen and oxygen atoms in total. The Morgan fingerprint density at radius 3 is 1.74 bits per heavy atom. The van der Waals surface area contributed by atoms with Crippen LogP contribution in [-0.4, -0.2) is 0 Å². The van der Waals surface area contributed by atoms with E-state index in [1.807, 2.05) is 0 Å². The lowest BCUT2D eigenvalue weighted by Gasteiger charge is -2.18. The first-order valence-electron chi connectivity index (χ1n) is 8.98. The molecule has 1 aliphatic rings. The molecular formula is C25H16Br2. The van der Waals surface area contributed by atoms with Gasteiger partial charge in [0.2, 0.25) is 0 Å². The van der Waals surface area contributed by atoms with Crippen molar-refractivity contribution in [1.82, 2.24) is 0 Å². The second-order valence-corrected chi connectivity index (χ2v) is 8.52. The molecule has 0 heterocycles. The van der Waals surface area contributed by atoms with Crippen molar-refractivity contribution in [2.45, 2.75) is 6.42 Å². The van der Waals surface area contributed by atoms with E-state index in [0.717, 1.165) is 15.4 Å². The molecular weight excluding hydrogens is 460 g/mol. The van der Waals surface area contributed by atoms with Crippen LogP contribution in [0.15, 0.2) is 93.9 Å². The Bertz CT molecular complexity index is 1170. The Hall–Kier alpha value is -2.16. The molecule has 0 atom stereocenters. The summed E-state index contributed by atoms with van der Waals surface area (Å²) in [7, 11) is 0. The van der Waals surface area contributed by atoms with Crippen molar-refractivity contribution in [1.29, 1.82) is 0 Å². The maximum absolute atomic E-state index is 3.79. The molecule has 2 heteroatoms. The van der Waals surface area contributed by atoms with Crippen molar-refractivity contribution in [2.24, 2.45) is 0 Å². The fourth-order valence-electron chi connectivity index (χ4n) is 4.09. The SMILES string of the molecule is Brc1ccccc1-c1ccc2c(c1-c1ccccc1Br)Cc1ccccc1-2. The number of halogens is 2. The van der Waals surface area contributed by atoms with Crippen LogP contribution in [0.5, 0.6) is 0 Å². The van der Waals surface area contributed by atoms with Gasteiger partial charge in [-0.1, -0.05) is 105 Å². The van der Waals surface area contributed by atoms with Crippen LogP contribution in [0.2, 0.25) is 0 Å². The number of hydrogen-bond acceptors (Lipinski definition) is 0. The van der Waals surface area contributed by atoms with Gasteiger partial charge in [-0.05, 0) is 63.1 Å². The highest BCUT2D eigenvalue weighted by molar-refractivity contribution is 9.11. The minimum absolute atomic E-state index is 0.973. The zero-order valence-electron chi connectivity index (χ0n) is 14.5. The van der Waals surface area contributed by atoms with Gasteiger partial charge in [-0.2, -0.15) is 0 Å². The van der Waals surface area contributed by atoms with Crippen molar-refractivity contribution >= 4 is 31.9 Å². The smallest absolute Gasteiger partial charge is 0.0254 e. The average molecular weight is 476 g/mol. The molecule has 0 bridgehead atoms. The average Bonchev–Trinajstić information content (AvgIpc) is 3.07. The lowest BCUT2D eigenvalue weighted by molar-refractivity contribution is 1.26. The summed E-state index contributed by atoms with van der Waals surface area (Å²) in [5.41, 5.74) is 10.6. The van der Waals surface area contributed by atoms with E-state index >= 15 is 0 Å². The van der Waals surface area contributed by atoms with E-state index < -0.39 is 0 Å². The predicted octanol–water partition coefficient (Wildman–Crippen LogP) is 8.12. The molecule has 0 N–H and O–H groups in total. The van der Waals surface area contributed by atoms with Gasteiger partial charge in [-0.25, -0.2) is 0 Å². The summed E-state index contributed by atoms with van der Waals surface area (Å²) >= 11 is 7.55. The molecule has 27 heavy (non-hydrogen) atoms. The third-order valence-electron chi connectivity index (χ3n) is 5.29. The summed E-state index contributed by atoms with van der Waals surface area (Å²) in [6, 6.07) is 30.3. The largest absolute Gasteiger partial charge is 0.0619 e. The van der Waals surface area contributed by atoms with Crippen LogP contribution in [-0.2, 0) is 6.42 Å². The summed E-state index contributed by atoms with van der Waals surface area (Å²) in [4.78, 5) is 0. The van der Waals surface area contributed by atoms with E-state index in [4.69, 9.17) is 0 Å². The molecule has 0 aliphatic heterocycles. The molecule has 0 unspecified atom stereocenters. The third kappa shape index (κ3) is 2.79. The second-order valence-electron chi connectivity index (χ2n) is 6.81. The van der Waals surface area contributed by atoms with Gasteiger partial charge in [-0.3, -0.25) is 0 Å². The topological polar surface area (TPSA) is 0 Å². The van der Waals surface area contributed by atoms with Gasteiger partial charge >= 0.3 is 0 Å². The Morgan fingerprint density at radius 2 is 1.04 bits per heavy atom. The van der Waals surface area contributed by atoms with Crippen LogP contribution in [0.4, 0.5) is 0 Å². The van der Waals surface area contributed by atoms with Crippen LogP contribution in [0, 0.1) is 0 Å². The van der Waals surface area contributed by atoms with Crippen LogP contribution in [0.25, 0.3) is 33.4 Å². The molecule has 5 rings (SSSR count). The fraction of sp³-hybridized carbons (Fsp3) is 0.0400. The first kappa shape index (κ1) is 17.0. The molecule has 1 aliphatic carbocycles. The minimum Gasteiger partial charge on any atom is -0.0619 e. The molecule has 0 saturated heterocycles. The van der Waals surface area contributed by atoms with Crippen molar-refractivity contribution in [3.05, 3.63) is 105 Å². The van der Waals surface area contributed by atoms with Crippen molar-refractivity contribution < 1.29 is 0 Å². The quantitative estimate of drug-likeness (QED) is 0.242. The van der Waals surface area contributed by atoms with Gasteiger partial charge in [-0.15, -0.1) is 0 Å².